The second-order valence-electron chi connectivity index (χ2n) is 7.11. The molecule has 0 aliphatic heterocycles. The molecule has 2 N–H and O–H groups in total. The fraction of sp³-hybridized carbons (Fsp3) is 0.174. The van der Waals surface area contributed by atoms with Crippen LogP contribution in [0.2, 0.25) is 10.0 Å². The quantitative estimate of drug-likeness (QED) is 0.422. The highest BCUT2D eigenvalue weighted by Gasteiger charge is 2.23. The Morgan fingerprint density at radius 3 is 2.44 bits per heavy atom. The maximum Gasteiger partial charge on any atom is 0.258 e. The van der Waals surface area contributed by atoms with Gasteiger partial charge in [-0.05, 0) is 48.7 Å². The molecule has 0 spiro atoms. The van der Waals surface area contributed by atoms with Crippen LogP contribution in [-0.4, -0.2) is 20.4 Å². The maximum atomic E-state index is 14.4. The van der Waals surface area contributed by atoms with Crippen molar-refractivity contribution in [1.29, 1.82) is 0 Å². The van der Waals surface area contributed by atoms with Crippen molar-refractivity contribution >= 4 is 44.8 Å². The summed E-state index contributed by atoms with van der Waals surface area (Å²) in [6.45, 7) is 1.87. The van der Waals surface area contributed by atoms with Crippen LogP contribution in [0.3, 0.4) is 0 Å². The van der Waals surface area contributed by atoms with Crippen LogP contribution in [0.5, 0.6) is 0 Å². The minimum atomic E-state index is -4.00. The van der Waals surface area contributed by atoms with E-state index in [0.717, 1.165) is 23.8 Å². The molecule has 0 bridgehead atoms. The van der Waals surface area contributed by atoms with Crippen molar-refractivity contribution < 1.29 is 17.6 Å². The lowest BCUT2D eigenvalue weighted by atomic mass is 10.1. The third-order valence-corrected chi connectivity index (χ3v) is 7.17. The Morgan fingerprint density at radius 1 is 1.03 bits per heavy atom. The van der Waals surface area contributed by atoms with E-state index in [9.17, 15) is 17.6 Å². The highest BCUT2D eigenvalue weighted by atomic mass is 35.5. The second kappa shape index (κ2) is 10.4. The Kier molecular flexibility index (Phi) is 7.90. The lowest BCUT2D eigenvalue weighted by molar-refractivity contribution is 0.102. The number of hydrogen-bond donors (Lipinski definition) is 2. The zero-order valence-corrected chi connectivity index (χ0v) is 19.4. The van der Waals surface area contributed by atoms with Crippen molar-refractivity contribution in [2.45, 2.75) is 30.7 Å². The summed E-state index contributed by atoms with van der Waals surface area (Å²) in [5, 5.41) is 2.78. The summed E-state index contributed by atoms with van der Waals surface area (Å²) in [7, 11) is -4.00. The monoisotopic (exact) mass is 494 g/mol. The van der Waals surface area contributed by atoms with Gasteiger partial charge in [-0.15, -0.1) is 0 Å². The fourth-order valence-electron chi connectivity index (χ4n) is 3.09. The van der Waals surface area contributed by atoms with E-state index in [1.807, 2.05) is 37.3 Å². The number of nitrogens with one attached hydrogen (secondary N) is 2. The van der Waals surface area contributed by atoms with E-state index in [0.29, 0.717) is 12.8 Å². The van der Waals surface area contributed by atoms with Crippen molar-refractivity contribution in [2.24, 2.45) is 0 Å². The number of amides is 1. The van der Waals surface area contributed by atoms with E-state index in [1.165, 1.54) is 6.07 Å². The van der Waals surface area contributed by atoms with Crippen molar-refractivity contribution in [2.75, 3.05) is 5.32 Å². The standard InChI is InChI=1S/C23H21Cl2FN2O3S/c1-2-16(13-15-7-4-3-5-8-15)28-32(30,31)17-11-12-20(26)18(14-17)23(29)27-21-10-6-9-19(24)22(21)25/h3-12,14,16,28H,2,13H2,1H3,(H,27,29). The maximum absolute atomic E-state index is 14.4. The lowest BCUT2D eigenvalue weighted by Gasteiger charge is -2.18. The molecule has 0 aliphatic carbocycles. The molecule has 168 valence electrons. The van der Waals surface area contributed by atoms with Gasteiger partial charge in [0.05, 0.1) is 26.2 Å². The van der Waals surface area contributed by atoms with Gasteiger partial charge in [-0.25, -0.2) is 17.5 Å². The highest BCUT2D eigenvalue weighted by Crippen LogP contribution is 2.30. The van der Waals surface area contributed by atoms with Gasteiger partial charge in [-0.2, -0.15) is 0 Å². The highest BCUT2D eigenvalue weighted by molar-refractivity contribution is 7.89. The summed E-state index contributed by atoms with van der Waals surface area (Å²) in [6.07, 6.45) is 1.05. The molecule has 0 radical (unpaired) electrons. The zero-order chi connectivity index (χ0) is 23.3. The Labute approximate surface area is 196 Å². The first kappa shape index (κ1) is 24.2. The number of carbonyl (C=O) groups excluding carboxylic acids is 1. The Balaban J connectivity index is 1.82. The minimum absolute atomic E-state index is 0.0973. The molecule has 3 aromatic rings. The van der Waals surface area contributed by atoms with Crippen molar-refractivity contribution in [3.8, 4) is 0 Å². The zero-order valence-electron chi connectivity index (χ0n) is 17.1. The van der Waals surface area contributed by atoms with Crippen molar-refractivity contribution in [1.82, 2.24) is 4.72 Å². The summed E-state index contributed by atoms with van der Waals surface area (Å²) in [4.78, 5) is 12.4. The third kappa shape index (κ3) is 5.86. The molecule has 3 aromatic carbocycles. The fourth-order valence-corrected chi connectivity index (χ4v) is 4.78. The molecule has 0 aliphatic rings. The minimum Gasteiger partial charge on any atom is -0.320 e. The number of hydrogen-bond acceptors (Lipinski definition) is 3. The summed E-state index contributed by atoms with van der Waals surface area (Å²) in [5.74, 6) is -1.71. The first-order valence-electron chi connectivity index (χ1n) is 9.82. The molecule has 0 saturated carbocycles. The van der Waals surface area contributed by atoms with E-state index in [4.69, 9.17) is 23.2 Å². The average molecular weight is 495 g/mol. The molecular weight excluding hydrogens is 474 g/mol. The normalized spacial score (nSPS) is 12.4. The Bertz CT molecular complexity index is 1220. The molecule has 1 atom stereocenters. The lowest BCUT2D eigenvalue weighted by Crippen LogP contribution is -2.36. The van der Waals surface area contributed by atoms with Crippen LogP contribution < -0.4 is 10.0 Å². The number of anilines is 1. The molecule has 0 fully saturated rings. The van der Waals surface area contributed by atoms with Crippen LogP contribution >= 0.6 is 23.2 Å². The van der Waals surface area contributed by atoms with Gasteiger partial charge in [0.15, 0.2) is 0 Å². The number of carbonyl (C=O) groups is 1. The van der Waals surface area contributed by atoms with E-state index in [-0.39, 0.29) is 26.7 Å². The van der Waals surface area contributed by atoms with Gasteiger partial charge in [-0.3, -0.25) is 4.79 Å². The molecule has 0 heterocycles. The average Bonchev–Trinajstić information content (AvgIpc) is 2.77. The van der Waals surface area contributed by atoms with Crippen LogP contribution in [0.4, 0.5) is 10.1 Å². The smallest absolute Gasteiger partial charge is 0.258 e. The molecule has 3 rings (SSSR count). The van der Waals surface area contributed by atoms with Gasteiger partial charge in [0.1, 0.15) is 5.82 Å². The predicted octanol–water partition coefficient (Wildman–Crippen LogP) is 5.68. The number of sulfonamides is 1. The molecule has 9 heteroatoms. The van der Waals surface area contributed by atoms with E-state index < -0.39 is 27.3 Å². The Hall–Kier alpha value is -2.45. The van der Waals surface area contributed by atoms with Crippen LogP contribution in [-0.2, 0) is 16.4 Å². The van der Waals surface area contributed by atoms with E-state index in [1.54, 1.807) is 12.1 Å². The molecule has 0 saturated heterocycles. The van der Waals surface area contributed by atoms with E-state index >= 15 is 0 Å². The van der Waals surface area contributed by atoms with E-state index in [2.05, 4.69) is 10.0 Å². The van der Waals surface area contributed by atoms with Crippen LogP contribution in [0.15, 0.2) is 71.6 Å². The molecule has 32 heavy (non-hydrogen) atoms. The van der Waals surface area contributed by atoms with Gasteiger partial charge >= 0.3 is 0 Å². The van der Waals surface area contributed by atoms with Gasteiger partial charge in [0.2, 0.25) is 10.0 Å². The van der Waals surface area contributed by atoms with Gasteiger partial charge < -0.3 is 5.32 Å². The summed E-state index contributed by atoms with van der Waals surface area (Å²) in [6, 6.07) is 16.8. The van der Waals surface area contributed by atoms with Crippen LogP contribution in [0, 0.1) is 5.82 Å². The summed E-state index contributed by atoms with van der Waals surface area (Å²) >= 11 is 12.0. The molecular formula is C23H21Cl2FN2O3S. The molecule has 5 nitrogen and oxygen atoms in total. The summed E-state index contributed by atoms with van der Waals surface area (Å²) in [5.41, 5.74) is 0.739. The largest absolute Gasteiger partial charge is 0.320 e. The SMILES string of the molecule is CCC(Cc1ccccc1)NS(=O)(=O)c1ccc(F)c(C(=O)Nc2cccc(Cl)c2Cl)c1. The van der Waals surface area contributed by atoms with Crippen LogP contribution in [0.1, 0.15) is 29.3 Å². The third-order valence-electron chi connectivity index (χ3n) is 4.83. The van der Waals surface area contributed by atoms with Crippen molar-refractivity contribution in [3.63, 3.8) is 0 Å². The second-order valence-corrected chi connectivity index (χ2v) is 9.61. The first-order valence-corrected chi connectivity index (χ1v) is 12.1. The molecule has 1 unspecified atom stereocenters. The molecule has 0 aromatic heterocycles. The van der Waals surface area contributed by atoms with Crippen LogP contribution in [0.25, 0.3) is 0 Å². The first-order chi connectivity index (χ1) is 15.2. The van der Waals surface area contributed by atoms with Crippen molar-refractivity contribution in [3.05, 3.63) is 93.7 Å². The Morgan fingerprint density at radius 2 is 1.75 bits per heavy atom. The van der Waals surface area contributed by atoms with Gasteiger partial charge in [0.25, 0.3) is 5.91 Å². The van der Waals surface area contributed by atoms with Gasteiger partial charge in [-0.1, -0.05) is 66.5 Å². The number of halogens is 3. The molecule has 1 amide bonds. The number of benzene rings is 3. The summed E-state index contributed by atoms with van der Waals surface area (Å²) < 4.78 is 42.9. The number of rotatable bonds is 8. The predicted molar refractivity (Wildman–Crippen MR) is 125 cm³/mol. The van der Waals surface area contributed by atoms with Gasteiger partial charge in [0, 0.05) is 6.04 Å². The topological polar surface area (TPSA) is 75.3 Å².